The molecule has 0 bridgehead atoms. The van der Waals surface area contributed by atoms with Crippen molar-refractivity contribution in [1.82, 2.24) is 10.3 Å². The highest BCUT2D eigenvalue weighted by Crippen LogP contribution is 2.54. The van der Waals surface area contributed by atoms with Crippen LogP contribution in [0.2, 0.25) is 0 Å². The summed E-state index contributed by atoms with van der Waals surface area (Å²) in [6.07, 6.45) is 7.34. The maximum absolute atomic E-state index is 12.6. The van der Waals surface area contributed by atoms with Crippen molar-refractivity contribution in [1.29, 1.82) is 0 Å². The molecule has 5 heteroatoms. The van der Waals surface area contributed by atoms with Gasteiger partial charge in [0.25, 0.3) is 5.91 Å². The average molecular weight is 306 g/mol. The van der Waals surface area contributed by atoms with Crippen LogP contribution < -0.4 is 5.32 Å². The third-order valence-corrected chi connectivity index (χ3v) is 5.33. The van der Waals surface area contributed by atoms with Gasteiger partial charge in [-0.1, -0.05) is 26.7 Å². The van der Waals surface area contributed by atoms with Crippen LogP contribution in [0.1, 0.15) is 75.0 Å². The summed E-state index contributed by atoms with van der Waals surface area (Å²) in [4.78, 5) is 16.7. The second-order valence-corrected chi connectivity index (χ2v) is 6.87. The second kappa shape index (κ2) is 6.03. The first kappa shape index (κ1) is 15.5. The quantitative estimate of drug-likeness (QED) is 0.907. The van der Waals surface area contributed by atoms with Crippen LogP contribution in [0.3, 0.4) is 0 Å². The summed E-state index contributed by atoms with van der Waals surface area (Å²) in [7, 11) is 0. The molecular formula is C17H26N2O3. The Kier molecular flexibility index (Phi) is 4.26. The number of nitrogens with zero attached hydrogens (tertiary/aromatic N) is 1. The normalized spacial score (nSPS) is 26.4. The molecule has 1 N–H and O–H groups in total. The Hall–Kier alpha value is -1.36. The predicted octanol–water partition coefficient (Wildman–Crippen LogP) is 3.27. The molecule has 1 spiro atoms. The van der Waals surface area contributed by atoms with Gasteiger partial charge in [-0.15, -0.1) is 0 Å². The van der Waals surface area contributed by atoms with Gasteiger partial charge in [0.2, 0.25) is 0 Å². The molecule has 0 radical (unpaired) electrons. The number of hydrogen-bond acceptors (Lipinski definition) is 4. The van der Waals surface area contributed by atoms with E-state index in [1.807, 2.05) is 20.8 Å². The molecule has 0 aromatic carbocycles. The molecule has 0 aliphatic heterocycles. The molecule has 1 heterocycles. The monoisotopic (exact) mass is 306 g/mol. The summed E-state index contributed by atoms with van der Waals surface area (Å²) in [5, 5.41) is 3.19. The van der Waals surface area contributed by atoms with Crippen molar-refractivity contribution in [3.8, 4) is 0 Å². The zero-order valence-corrected chi connectivity index (χ0v) is 13.7. The Bertz CT molecular complexity index is 532. The number of ether oxygens (including phenoxy) is 1. The lowest BCUT2D eigenvalue weighted by Crippen LogP contribution is -2.63. The number of aromatic nitrogens is 1. The molecule has 2 atom stereocenters. The van der Waals surface area contributed by atoms with E-state index in [4.69, 9.17) is 9.15 Å². The van der Waals surface area contributed by atoms with Crippen molar-refractivity contribution >= 4 is 5.91 Å². The minimum atomic E-state index is -0.108. The molecule has 2 aliphatic carbocycles. The molecule has 0 unspecified atom stereocenters. The number of carbonyl (C=O) groups excluding carboxylic acids is 1. The maximum Gasteiger partial charge on any atom is 0.273 e. The molecule has 2 saturated carbocycles. The van der Waals surface area contributed by atoms with Gasteiger partial charge in [0, 0.05) is 24.0 Å². The zero-order chi connectivity index (χ0) is 15.7. The maximum atomic E-state index is 12.6. The van der Waals surface area contributed by atoms with Crippen LogP contribution in [0.4, 0.5) is 0 Å². The number of amides is 1. The summed E-state index contributed by atoms with van der Waals surface area (Å²) in [5.74, 6) is 0.712. The molecule has 1 aromatic rings. The molecule has 122 valence electrons. The van der Waals surface area contributed by atoms with Gasteiger partial charge in [-0.25, -0.2) is 4.98 Å². The van der Waals surface area contributed by atoms with Gasteiger partial charge in [0.1, 0.15) is 5.76 Å². The number of rotatable bonds is 5. The fraction of sp³-hybridized carbons (Fsp3) is 0.765. The first-order valence-electron chi connectivity index (χ1n) is 8.44. The van der Waals surface area contributed by atoms with E-state index in [0.29, 0.717) is 17.6 Å². The van der Waals surface area contributed by atoms with Crippen molar-refractivity contribution in [2.75, 3.05) is 6.61 Å². The molecule has 1 aromatic heterocycles. The molecular weight excluding hydrogens is 280 g/mol. The van der Waals surface area contributed by atoms with Crippen molar-refractivity contribution in [2.24, 2.45) is 5.41 Å². The molecule has 2 aliphatic rings. The van der Waals surface area contributed by atoms with Crippen LogP contribution in [0, 0.1) is 5.41 Å². The lowest BCUT2D eigenvalue weighted by Gasteiger charge is -2.54. The average Bonchev–Trinajstić information content (AvgIpc) is 3.16. The first-order chi connectivity index (χ1) is 10.6. The number of carbonyl (C=O) groups is 1. The first-order valence-corrected chi connectivity index (χ1v) is 8.44. The van der Waals surface area contributed by atoms with E-state index >= 15 is 0 Å². The van der Waals surface area contributed by atoms with Gasteiger partial charge in [-0.3, -0.25) is 4.79 Å². The SMILES string of the molecule is CCO[C@@H]1C[C@@H](NC(=O)c2ncoc2C(C)C)C12CCCC2. The van der Waals surface area contributed by atoms with Crippen molar-refractivity contribution in [2.45, 2.75) is 70.9 Å². The summed E-state index contributed by atoms with van der Waals surface area (Å²) in [6.45, 7) is 6.79. The summed E-state index contributed by atoms with van der Waals surface area (Å²) in [6, 6.07) is 0.204. The van der Waals surface area contributed by atoms with Gasteiger partial charge in [-0.05, 0) is 26.2 Å². The minimum absolute atomic E-state index is 0.108. The molecule has 2 fully saturated rings. The van der Waals surface area contributed by atoms with Gasteiger partial charge in [0.05, 0.1) is 6.10 Å². The van der Waals surface area contributed by atoms with Crippen molar-refractivity contribution in [3.63, 3.8) is 0 Å². The Morgan fingerprint density at radius 2 is 2.23 bits per heavy atom. The largest absolute Gasteiger partial charge is 0.447 e. The number of oxazole rings is 1. The fourth-order valence-corrected chi connectivity index (χ4v) is 4.15. The lowest BCUT2D eigenvalue weighted by molar-refractivity contribution is -0.127. The smallest absolute Gasteiger partial charge is 0.273 e. The Labute approximate surface area is 131 Å². The fourth-order valence-electron chi connectivity index (χ4n) is 4.15. The van der Waals surface area contributed by atoms with Crippen LogP contribution in [-0.2, 0) is 4.74 Å². The summed E-state index contributed by atoms with van der Waals surface area (Å²) in [5.41, 5.74) is 0.580. The van der Waals surface area contributed by atoms with Crippen LogP contribution in [0.15, 0.2) is 10.8 Å². The van der Waals surface area contributed by atoms with E-state index in [0.717, 1.165) is 25.9 Å². The standard InChI is InChI=1S/C17H26N2O3/c1-4-21-13-9-12(17(13)7-5-6-8-17)19-16(20)14-15(11(2)3)22-10-18-14/h10-13H,4-9H2,1-3H3,(H,19,20)/t12-,13-/m1/s1. The minimum Gasteiger partial charge on any atom is -0.447 e. The van der Waals surface area contributed by atoms with Gasteiger partial charge < -0.3 is 14.5 Å². The third-order valence-electron chi connectivity index (χ3n) is 5.33. The summed E-state index contributed by atoms with van der Waals surface area (Å²) < 4.78 is 11.3. The van der Waals surface area contributed by atoms with Gasteiger partial charge in [0.15, 0.2) is 12.1 Å². The number of nitrogens with one attached hydrogen (secondary N) is 1. The number of hydrogen-bond donors (Lipinski definition) is 1. The van der Waals surface area contributed by atoms with E-state index in [9.17, 15) is 4.79 Å². The van der Waals surface area contributed by atoms with Crippen LogP contribution in [0.5, 0.6) is 0 Å². The highest BCUT2D eigenvalue weighted by molar-refractivity contribution is 5.93. The summed E-state index contributed by atoms with van der Waals surface area (Å²) >= 11 is 0. The lowest BCUT2D eigenvalue weighted by atomic mass is 9.60. The van der Waals surface area contributed by atoms with Crippen LogP contribution >= 0.6 is 0 Å². The Morgan fingerprint density at radius 3 is 2.86 bits per heavy atom. The highest BCUT2D eigenvalue weighted by Gasteiger charge is 2.57. The molecule has 0 saturated heterocycles. The van der Waals surface area contributed by atoms with Gasteiger partial charge >= 0.3 is 0 Å². The Morgan fingerprint density at radius 1 is 1.50 bits per heavy atom. The van der Waals surface area contributed by atoms with E-state index in [-0.39, 0.29) is 23.3 Å². The van der Waals surface area contributed by atoms with E-state index in [1.165, 1.54) is 19.2 Å². The highest BCUT2D eigenvalue weighted by atomic mass is 16.5. The Balaban J connectivity index is 1.70. The van der Waals surface area contributed by atoms with E-state index < -0.39 is 0 Å². The van der Waals surface area contributed by atoms with Crippen molar-refractivity contribution < 1.29 is 13.9 Å². The van der Waals surface area contributed by atoms with Crippen molar-refractivity contribution in [3.05, 3.63) is 17.8 Å². The van der Waals surface area contributed by atoms with E-state index in [1.54, 1.807) is 0 Å². The van der Waals surface area contributed by atoms with Crippen LogP contribution in [-0.4, -0.2) is 29.6 Å². The van der Waals surface area contributed by atoms with Crippen LogP contribution in [0.25, 0.3) is 0 Å². The third kappa shape index (κ3) is 2.45. The van der Waals surface area contributed by atoms with Gasteiger partial charge in [-0.2, -0.15) is 0 Å². The molecule has 22 heavy (non-hydrogen) atoms. The predicted molar refractivity (Wildman–Crippen MR) is 82.8 cm³/mol. The second-order valence-electron chi connectivity index (χ2n) is 6.87. The zero-order valence-electron chi connectivity index (χ0n) is 13.7. The topological polar surface area (TPSA) is 64.4 Å². The van der Waals surface area contributed by atoms with E-state index in [2.05, 4.69) is 10.3 Å². The molecule has 3 rings (SSSR count). The molecule has 5 nitrogen and oxygen atoms in total. The molecule has 1 amide bonds.